The van der Waals surface area contributed by atoms with Crippen molar-refractivity contribution in [3.8, 4) is 0 Å². The van der Waals surface area contributed by atoms with Crippen LogP contribution in [0.1, 0.15) is 64.6 Å². The second-order valence-electron chi connectivity index (χ2n) is 5.78. The van der Waals surface area contributed by atoms with E-state index in [0.717, 1.165) is 31.4 Å². The van der Waals surface area contributed by atoms with E-state index in [2.05, 4.69) is 25.9 Å². The fourth-order valence-corrected chi connectivity index (χ4v) is 3.40. The molecule has 4 heteroatoms. The second kappa shape index (κ2) is 5.22. The Morgan fingerprint density at radius 3 is 2.94 bits per heavy atom. The summed E-state index contributed by atoms with van der Waals surface area (Å²) in [6, 6.07) is 0.221. The highest BCUT2D eigenvalue weighted by Crippen LogP contribution is 2.43. The minimum absolute atomic E-state index is 0.221. The predicted molar refractivity (Wildman–Crippen MR) is 73.8 cm³/mol. The summed E-state index contributed by atoms with van der Waals surface area (Å²) in [5, 5.41) is 15.9. The summed E-state index contributed by atoms with van der Waals surface area (Å²) in [5.41, 5.74) is 0.0221. The average molecular weight is 271 g/mol. The van der Waals surface area contributed by atoms with E-state index in [-0.39, 0.29) is 6.04 Å². The van der Waals surface area contributed by atoms with Crippen molar-refractivity contribution in [1.29, 1.82) is 0 Å². The van der Waals surface area contributed by atoms with Gasteiger partial charge in [-0.1, -0.05) is 31.4 Å². The van der Waals surface area contributed by atoms with Crippen molar-refractivity contribution in [2.75, 3.05) is 0 Å². The Hall–Kier alpha value is -0.540. The van der Waals surface area contributed by atoms with Gasteiger partial charge >= 0.3 is 0 Å². The SMILES string of the molecule is CCC1CCCC(O)(c2c(Cl)cnn2C(C)C)C1. The summed E-state index contributed by atoms with van der Waals surface area (Å²) >= 11 is 6.26. The van der Waals surface area contributed by atoms with Crippen LogP contribution in [0.4, 0.5) is 0 Å². The predicted octanol–water partition coefficient (Wildman–Crippen LogP) is 3.91. The first-order valence-corrected chi connectivity index (χ1v) is 7.31. The number of hydrogen-bond donors (Lipinski definition) is 1. The van der Waals surface area contributed by atoms with Crippen molar-refractivity contribution in [2.24, 2.45) is 5.92 Å². The van der Waals surface area contributed by atoms with Crippen LogP contribution in [0.15, 0.2) is 6.20 Å². The van der Waals surface area contributed by atoms with Gasteiger partial charge in [0, 0.05) is 6.04 Å². The van der Waals surface area contributed by atoms with Gasteiger partial charge in [-0.15, -0.1) is 0 Å². The fourth-order valence-electron chi connectivity index (χ4n) is 3.10. The molecule has 1 heterocycles. The molecular weight excluding hydrogens is 248 g/mol. The van der Waals surface area contributed by atoms with Gasteiger partial charge in [-0.25, -0.2) is 0 Å². The molecule has 2 rings (SSSR count). The van der Waals surface area contributed by atoms with E-state index < -0.39 is 5.60 Å². The van der Waals surface area contributed by atoms with E-state index in [0.29, 0.717) is 10.9 Å². The van der Waals surface area contributed by atoms with Crippen molar-refractivity contribution in [3.63, 3.8) is 0 Å². The van der Waals surface area contributed by atoms with Crippen molar-refractivity contribution in [1.82, 2.24) is 9.78 Å². The Morgan fingerprint density at radius 2 is 2.33 bits per heavy atom. The smallest absolute Gasteiger partial charge is 0.108 e. The van der Waals surface area contributed by atoms with E-state index in [1.54, 1.807) is 6.20 Å². The Labute approximate surface area is 114 Å². The molecule has 0 radical (unpaired) electrons. The first-order valence-electron chi connectivity index (χ1n) is 6.93. The van der Waals surface area contributed by atoms with Crippen LogP contribution in [0, 0.1) is 5.92 Å². The lowest BCUT2D eigenvalue weighted by molar-refractivity contribution is -0.0297. The summed E-state index contributed by atoms with van der Waals surface area (Å²) in [7, 11) is 0. The lowest BCUT2D eigenvalue weighted by Gasteiger charge is -2.37. The molecule has 0 spiro atoms. The van der Waals surface area contributed by atoms with Crippen LogP contribution in [0.3, 0.4) is 0 Å². The Bertz CT molecular complexity index is 416. The summed E-state index contributed by atoms with van der Waals surface area (Å²) in [6.07, 6.45) is 6.66. The van der Waals surface area contributed by atoms with Gasteiger partial charge in [0.15, 0.2) is 0 Å². The van der Waals surface area contributed by atoms with Gasteiger partial charge in [0.05, 0.1) is 16.9 Å². The van der Waals surface area contributed by atoms with Crippen LogP contribution in [-0.4, -0.2) is 14.9 Å². The van der Waals surface area contributed by atoms with E-state index in [1.807, 2.05) is 4.68 Å². The lowest BCUT2D eigenvalue weighted by atomic mass is 9.75. The normalized spacial score (nSPS) is 28.9. The molecule has 0 amide bonds. The molecule has 0 saturated heterocycles. The highest BCUT2D eigenvalue weighted by molar-refractivity contribution is 6.31. The maximum atomic E-state index is 11.0. The van der Waals surface area contributed by atoms with Crippen LogP contribution in [0.25, 0.3) is 0 Å². The molecule has 2 atom stereocenters. The molecule has 0 bridgehead atoms. The van der Waals surface area contributed by atoms with Gasteiger partial charge in [-0.3, -0.25) is 4.68 Å². The number of nitrogens with zero attached hydrogens (tertiary/aromatic N) is 2. The Morgan fingerprint density at radius 1 is 1.61 bits per heavy atom. The molecule has 2 unspecified atom stereocenters. The zero-order chi connectivity index (χ0) is 13.3. The van der Waals surface area contributed by atoms with Crippen molar-refractivity contribution >= 4 is 11.6 Å². The average Bonchev–Trinajstić information content (AvgIpc) is 2.72. The minimum atomic E-state index is -0.795. The molecule has 0 aliphatic heterocycles. The third-order valence-corrected chi connectivity index (χ3v) is 4.36. The molecule has 102 valence electrons. The van der Waals surface area contributed by atoms with E-state index in [1.165, 1.54) is 6.42 Å². The molecule has 1 N–H and O–H groups in total. The molecule has 1 fully saturated rings. The zero-order valence-corrected chi connectivity index (χ0v) is 12.2. The summed E-state index contributed by atoms with van der Waals surface area (Å²) < 4.78 is 1.88. The third-order valence-electron chi connectivity index (χ3n) is 4.09. The maximum absolute atomic E-state index is 11.0. The number of aliphatic hydroxyl groups is 1. The molecule has 1 saturated carbocycles. The largest absolute Gasteiger partial charge is 0.384 e. The van der Waals surface area contributed by atoms with E-state index in [9.17, 15) is 5.11 Å². The van der Waals surface area contributed by atoms with Crippen molar-refractivity contribution in [3.05, 3.63) is 16.9 Å². The molecular formula is C14H23ClN2O. The minimum Gasteiger partial charge on any atom is -0.384 e. The van der Waals surface area contributed by atoms with Crippen LogP contribution in [0.5, 0.6) is 0 Å². The van der Waals surface area contributed by atoms with Crippen LogP contribution in [0.2, 0.25) is 5.02 Å². The zero-order valence-electron chi connectivity index (χ0n) is 11.5. The van der Waals surface area contributed by atoms with Gasteiger partial charge in [-0.2, -0.15) is 5.10 Å². The topological polar surface area (TPSA) is 38.1 Å². The first-order chi connectivity index (χ1) is 8.48. The van der Waals surface area contributed by atoms with Gasteiger partial charge in [-0.05, 0) is 39.0 Å². The van der Waals surface area contributed by atoms with Gasteiger partial charge in [0.25, 0.3) is 0 Å². The summed E-state index contributed by atoms with van der Waals surface area (Å²) in [4.78, 5) is 0. The standard InChI is InChI=1S/C14H23ClN2O/c1-4-11-6-5-7-14(18,8-11)13-12(15)9-16-17(13)10(2)3/h9-11,18H,4-8H2,1-3H3. The molecule has 1 aromatic heterocycles. The van der Waals surface area contributed by atoms with E-state index in [4.69, 9.17) is 11.6 Å². The first kappa shape index (κ1) is 13.9. The number of halogens is 1. The Balaban J connectivity index is 2.37. The van der Waals surface area contributed by atoms with Crippen LogP contribution >= 0.6 is 11.6 Å². The quantitative estimate of drug-likeness (QED) is 0.904. The fraction of sp³-hybridized carbons (Fsp3) is 0.786. The van der Waals surface area contributed by atoms with Gasteiger partial charge in [0.1, 0.15) is 5.60 Å². The van der Waals surface area contributed by atoms with Gasteiger partial charge in [0.2, 0.25) is 0 Å². The van der Waals surface area contributed by atoms with E-state index >= 15 is 0 Å². The molecule has 1 aromatic rings. The number of rotatable bonds is 3. The molecule has 18 heavy (non-hydrogen) atoms. The highest BCUT2D eigenvalue weighted by Gasteiger charge is 2.39. The lowest BCUT2D eigenvalue weighted by Crippen LogP contribution is -2.35. The summed E-state index contributed by atoms with van der Waals surface area (Å²) in [6.45, 7) is 6.32. The number of aromatic nitrogens is 2. The van der Waals surface area contributed by atoms with Gasteiger partial charge < -0.3 is 5.11 Å². The van der Waals surface area contributed by atoms with Crippen molar-refractivity contribution in [2.45, 2.75) is 64.5 Å². The number of hydrogen-bond acceptors (Lipinski definition) is 2. The monoisotopic (exact) mass is 270 g/mol. The molecule has 3 nitrogen and oxygen atoms in total. The van der Waals surface area contributed by atoms with Crippen molar-refractivity contribution < 1.29 is 5.11 Å². The third kappa shape index (κ3) is 2.43. The second-order valence-corrected chi connectivity index (χ2v) is 6.19. The Kier molecular flexibility index (Phi) is 4.02. The van der Waals surface area contributed by atoms with Crippen LogP contribution in [-0.2, 0) is 5.60 Å². The maximum Gasteiger partial charge on any atom is 0.108 e. The molecule has 1 aliphatic carbocycles. The summed E-state index contributed by atoms with van der Waals surface area (Å²) in [5.74, 6) is 0.593. The molecule has 1 aliphatic rings. The highest BCUT2D eigenvalue weighted by atomic mass is 35.5. The molecule has 0 aromatic carbocycles. The van der Waals surface area contributed by atoms with Crippen LogP contribution < -0.4 is 0 Å².